The van der Waals surface area contributed by atoms with E-state index in [4.69, 9.17) is 0 Å². The van der Waals surface area contributed by atoms with E-state index in [1.807, 2.05) is 0 Å². The normalized spacial score (nSPS) is 9.50. The summed E-state index contributed by atoms with van der Waals surface area (Å²) in [5.41, 5.74) is 0. The van der Waals surface area contributed by atoms with Crippen LogP contribution in [0, 0.1) is 0 Å². The van der Waals surface area contributed by atoms with Gasteiger partial charge in [-0.1, -0.05) is 0 Å². The van der Waals surface area contributed by atoms with Crippen LogP contribution in [0.5, 0.6) is 0 Å². The summed E-state index contributed by atoms with van der Waals surface area (Å²) in [6, 6.07) is 0. The topological polar surface area (TPSA) is 99.8 Å². The van der Waals surface area contributed by atoms with Crippen LogP contribution in [0.15, 0.2) is 6.33 Å². The van der Waals surface area contributed by atoms with Crippen molar-refractivity contribution < 1.29 is 9.59 Å². The molecule has 14 heavy (non-hydrogen) atoms. The fourth-order valence-corrected chi connectivity index (χ4v) is 0.766. The molecule has 0 atom stereocenters. The van der Waals surface area contributed by atoms with Gasteiger partial charge in [0.05, 0.1) is 13.1 Å². The molecule has 3 N–H and O–H groups in total. The van der Waals surface area contributed by atoms with Gasteiger partial charge in [-0.2, -0.15) is 5.10 Å². The molecule has 1 aromatic heterocycles. The van der Waals surface area contributed by atoms with Gasteiger partial charge in [0.15, 0.2) is 0 Å². The Bertz CT molecular complexity index is 308. The van der Waals surface area contributed by atoms with Crippen LogP contribution in [-0.2, 0) is 16.1 Å². The number of amides is 2. The minimum Gasteiger partial charge on any atom is -0.347 e. The fraction of sp³-hybridized carbons (Fsp3) is 0.429. The number of rotatable bonds is 4. The molecule has 0 fully saturated rings. The van der Waals surface area contributed by atoms with E-state index >= 15 is 0 Å². The molecule has 2 amide bonds. The van der Waals surface area contributed by atoms with E-state index in [9.17, 15) is 9.59 Å². The van der Waals surface area contributed by atoms with Gasteiger partial charge in [0.2, 0.25) is 11.8 Å². The van der Waals surface area contributed by atoms with Gasteiger partial charge in [-0.05, 0) is 0 Å². The molecule has 0 saturated heterocycles. The van der Waals surface area contributed by atoms with Crippen molar-refractivity contribution in [3.63, 3.8) is 0 Å². The lowest BCUT2D eigenvalue weighted by Crippen LogP contribution is -2.35. The molecule has 0 aliphatic rings. The van der Waals surface area contributed by atoms with Crippen molar-refractivity contribution in [2.75, 3.05) is 6.54 Å². The molecule has 0 radical (unpaired) electrons. The first-order chi connectivity index (χ1) is 6.68. The van der Waals surface area contributed by atoms with Gasteiger partial charge >= 0.3 is 0 Å². The minimum atomic E-state index is -0.267. The summed E-state index contributed by atoms with van der Waals surface area (Å²) in [4.78, 5) is 25.3. The van der Waals surface area contributed by atoms with Crippen molar-refractivity contribution in [3.8, 4) is 0 Å². The molecular formula is C7H11N5O2. The van der Waals surface area contributed by atoms with Crippen LogP contribution in [0.3, 0.4) is 0 Å². The molecule has 0 aromatic carbocycles. The Balaban J connectivity index is 2.18. The fourth-order valence-electron chi connectivity index (χ4n) is 0.766. The number of carbonyl (C=O) groups excluding carboxylic acids is 2. The van der Waals surface area contributed by atoms with Crippen LogP contribution in [0.25, 0.3) is 0 Å². The molecule has 1 aromatic rings. The quantitative estimate of drug-likeness (QED) is 0.550. The highest BCUT2D eigenvalue weighted by Gasteiger charge is 2.02. The second-order valence-electron chi connectivity index (χ2n) is 2.62. The van der Waals surface area contributed by atoms with Crippen LogP contribution >= 0.6 is 0 Å². The Hall–Kier alpha value is -1.92. The van der Waals surface area contributed by atoms with Crippen molar-refractivity contribution in [3.05, 3.63) is 12.2 Å². The maximum Gasteiger partial charge on any atom is 0.239 e. The van der Waals surface area contributed by atoms with E-state index in [-0.39, 0.29) is 24.9 Å². The molecule has 0 unspecified atom stereocenters. The van der Waals surface area contributed by atoms with Gasteiger partial charge in [-0.3, -0.25) is 14.7 Å². The third-order valence-electron chi connectivity index (χ3n) is 1.42. The summed E-state index contributed by atoms with van der Waals surface area (Å²) >= 11 is 0. The highest BCUT2D eigenvalue weighted by atomic mass is 16.2. The van der Waals surface area contributed by atoms with Crippen LogP contribution in [0.1, 0.15) is 12.7 Å². The van der Waals surface area contributed by atoms with Crippen LogP contribution in [-0.4, -0.2) is 33.5 Å². The summed E-state index contributed by atoms with van der Waals surface area (Å²) in [7, 11) is 0. The third-order valence-corrected chi connectivity index (χ3v) is 1.42. The third kappa shape index (κ3) is 3.65. The SMILES string of the molecule is CC(=O)NCC(=O)NCc1ncn[nH]1. The van der Waals surface area contributed by atoms with E-state index in [1.165, 1.54) is 13.3 Å². The minimum absolute atomic E-state index is 0.0243. The van der Waals surface area contributed by atoms with Crippen LogP contribution < -0.4 is 10.6 Å². The Morgan fingerprint density at radius 3 is 2.86 bits per heavy atom. The summed E-state index contributed by atoms with van der Waals surface area (Å²) in [6.45, 7) is 1.60. The highest BCUT2D eigenvalue weighted by molar-refractivity contribution is 5.83. The first-order valence-corrected chi connectivity index (χ1v) is 4.04. The number of aromatic amines is 1. The molecular weight excluding hydrogens is 186 g/mol. The highest BCUT2D eigenvalue weighted by Crippen LogP contribution is 1.82. The molecule has 0 saturated carbocycles. The zero-order valence-electron chi connectivity index (χ0n) is 7.70. The maximum absolute atomic E-state index is 11.1. The second kappa shape index (κ2) is 4.95. The van der Waals surface area contributed by atoms with Crippen molar-refractivity contribution in [1.29, 1.82) is 0 Å². The summed E-state index contributed by atoms with van der Waals surface area (Å²) < 4.78 is 0. The average Bonchev–Trinajstić information content (AvgIpc) is 2.63. The molecule has 0 bridgehead atoms. The van der Waals surface area contributed by atoms with Gasteiger partial charge in [0.1, 0.15) is 12.2 Å². The maximum atomic E-state index is 11.1. The molecule has 7 heteroatoms. The molecule has 0 aliphatic carbocycles. The first kappa shape index (κ1) is 10.2. The van der Waals surface area contributed by atoms with Gasteiger partial charge in [0, 0.05) is 6.92 Å². The van der Waals surface area contributed by atoms with Crippen molar-refractivity contribution in [1.82, 2.24) is 25.8 Å². The molecule has 7 nitrogen and oxygen atoms in total. The standard InChI is InChI=1S/C7H11N5O2/c1-5(13)8-3-7(14)9-2-6-10-4-11-12-6/h4H,2-3H2,1H3,(H,8,13)(H,9,14)(H,10,11,12). The summed E-state index contributed by atoms with van der Waals surface area (Å²) in [5, 5.41) is 11.1. The average molecular weight is 197 g/mol. The van der Waals surface area contributed by atoms with Crippen molar-refractivity contribution in [2.45, 2.75) is 13.5 Å². The number of H-pyrrole nitrogens is 1. The lowest BCUT2D eigenvalue weighted by molar-refractivity contribution is -0.125. The smallest absolute Gasteiger partial charge is 0.239 e. The lowest BCUT2D eigenvalue weighted by Gasteiger charge is -2.02. The Morgan fingerprint density at radius 1 is 1.50 bits per heavy atom. The Morgan fingerprint density at radius 2 is 2.29 bits per heavy atom. The van der Waals surface area contributed by atoms with E-state index in [2.05, 4.69) is 25.8 Å². The Kier molecular flexibility index (Phi) is 3.59. The predicted molar refractivity (Wildman–Crippen MR) is 46.9 cm³/mol. The zero-order valence-corrected chi connectivity index (χ0v) is 7.70. The number of nitrogens with one attached hydrogen (secondary N) is 3. The zero-order chi connectivity index (χ0) is 10.4. The van der Waals surface area contributed by atoms with Crippen LogP contribution in [0.2, 0.25) is 0 Å². The molecule has 1 heterocycles. The summed E-state index contributed by atoms with van der Waals surface area (Å²) in [5.74, 6) is 0.0672. The Labute approximate surface area is 80.3 Å². The lowest BCUT2D eigenvalue weighted by atomic mass is 10.5. The molecule has 1 rings (SSSR count). The second-order valence-corrected chi connectivity index (χ2v) is 2.62. The predicted octanol–water partition coefficient (Wildman–Crippen LogP) is -1.44. The van der Waals surface area contributed by atoms with E-state index in [1.54, 1.807) is 0 Å². The molecule has 0 aliphatic heterocycles. The number of hydrogen-bond donors (Lipinski definition) is 3. The van der Waals surface area contributed by atoms with Crippen LogP contribution in [0.4, 0.5) is 0 Å². The largest absolute Gasteiger partial charge is 0.347 e. The van der Waals surface area contributed by atoms with Crippen molar-refractivity contribution in [2.24, 2.45) is 0 Å². The first-order valence-electron chi connectivity index (χ1n) is 4.04. The molecule has 0 spiro atoms. The number of nitrogens with zero attached hydrogens (tertiary/aromatic N) is 2. The number of hydrogen-bond acceptors (Lipinski definition) is 4. The van der Waals surface area contributed by atoms with Crippen molar-refractivity contribution >= 4 is 11.8 Å². The van der Waals surface area contributed by atoms with Gasteiger partial charge in [0.25, 0.3) is 0 Å². The number of aromatic nitrogens is 3. The molecule has 76 valence electrons. The van der Waals surface area contributed by atoms with Gasteiger partial charge in [-0.15, -0.1) is 0 Å². The van der Waals surface area contributed by atoms with Gasteiger partial charge in [-0.25, -0.2) is 4.98 Å². The monoisotopic (exact) mass is 197 g/mol. The van der Waals surface area contributed by atoms with E-state index < -0.39 is 0 Å². The summed E-state index contributed by atoms with van der Waals surface area (Å²) in [6.07, 6.45) is 1.36. The van der Waals surface area contributed by atoms with E-state index in [0.717, 1.165) is 0 Å². The van der Waals surface area contributed by atoms with Gasteiger partial charge < -0.3 is 10.6 Å². The van der Waals surface area contributed by atoms with E-state index in [0.29, 0.717) is 5.82 Å². The number of carbonyl (C=O) groups is 2.